The van der Waals surface area contributed by atoms with Gasteiger partial charge in [0.15, 0.2) is 5.82 Å². The highest BCUT2D eigenvalue weighted by Crippen LogP contribution is 2.18. The Morgan fingerprint density at radius 3 is 2.57 bits per heavy atom. The van der Waals surface area contributed by atoms with Crippen molar-refractivity contribution in [3.8, 4) is 0 Å². The number of allylic oxidation sites excluding steroid dienone is 5. The number of nitrogens with zero attached hydrogens (tertiary/aromatic N) is 2. The quantitative estimate of drug-likeness (QED) is 0.420. The van der Waals surface area contributed by atoms with Gasteiger partial charge in [0.25, 0.3) is 0 Å². The van der Waals surface area contributed by atoms with E-state index in [4.69, 9.17) is 0 Å². The van der Waals surface area contributed by atoms with E-state index in [1.54, 1.807) is 6.08 Å². The van der Waals surface area contributed by atoms with Gasteiger partial charge in [0.05, 0.1) is 5.69 Å². The van der Waals surface area contributed by atoms with Crippen molar-refractivity contribution in [2.75, 3.05) is 11.9 Å². The second kappa shape index (κ2) is 11.6. The lowest BCUT2D eigenvalue weighted by molar-refractivity contribution is 0.616. The third-order valence-corrected chi connectivity index (χ3v) is 3.75. The minimum Gasteiger partial charge on any atom is -0.368 e. The lowest BCUT2D eigenvalue weighted by Gasteiger charge is -2.09. The number of aromatic nitrogens is 2. The van der Waals surface area contributed by atoms with Gasteiger partial charge in [0, 0.05) is 12.1 Å². The van der Waals surface area contributed by atoms with Crippen molar-refractivity contribution in [2.24, 2.45) is 0 Å². The zero-order valence-corrected chi connectivity index (χ0v) is 14.9. The number of aryl methyl sites for hydroxylation is 1. The summed E-state index contributed by atoms with van der Waals surface area (Å²) in [5.74, 6) is 0.890. The molecule has 1 rings (SSSR count). The molecule has 0 aliphatic rings. The van der Waals surface area contributed by atoms with Crippen molar-refractivity contribution in [3.05, 3.63) is 48.2 Å². The van der Waals surface area contributed by atoms with E-state index in [1.807, 2.05) is 25.2 Å². The average molecular weight is 313 g/mol. The van der Waals surface area contributed by atoms with Gasteiger partial charge >= 0.3 is 0 Å². The Balaban J connectivity index is 2.53. The van der Waals surface area contributed by atoms with E-state index in [0.717, 1.165) is 29.2 Å². The predicted octanol–water partition coefficient (Wildman–Crippen LogP) is 5.70. The summed E-state index contributed by atoms with van der Waals surface area (Å²) in [7, 11) is 0. The van der Waals surface area contributed by atoms with Crippen LogP contribution in [-0.2, 0) is 0 Å². The molecule has 3 nitrogen and oxygen atoms in total. The van der Waals surface area contributed by atoms with Crippen LogP contribution in [0.4, 0.5) is 5.82 Å². The molecule has 23 heavy (non-hydrogen) atoms. The van der Waals surface area contributed by atoms with Crippen LogP contribution in [-0.4, -0.2) is 16.7 Å². The zero-order chi connectivity index (χ0) is 16.9. The molecule has 0 aliphatic carbocycles. The Bertz CT molecular complexity index is 530. The van der Waals surface area contributed by atoms with Gasteiger partial charge in [-0.1, -0.05) is 69.9 Å². The Labute approximate surface area is 141 Å². The van der Waals surface area contributed by atoms with Gasteiger partial charge < -0.3 is 5.32 Å². The molecule has 3 heteroatoms. The normalized spacial score (nSPS) is 11.9. The molecule has 0 bridgehead atoms. The van der Waals surface area contributed by atoms with Crippen molar-refractivity contribution in [1.82, 2.24) is 10.2 Å². The Morgan fingerprint density at radius 1 is 1.17 bits per heavy atom. The van der Waals surface area contributed by atoms with Gasteiger partial charge in [-0.05, 0) is 31.9 Å². The van der Waals surface area contributed by atoms with E-state index in [2.05, 4.69) is 42.0 Å². The van der Waals surface area contributed by atoms with E-state index in [1.165, 1.54) is 38.5 Å². The van der Waals surface area contributed by atoms with Gasteiger partial charge in [0.1, 0.15) is 0 Å². The molecule has 126 valence electrons. The van der Waals surface area contributed by atoms with Crippen molar-refractivity contribution >= 4 is 11.4 Å². The molecule has 1 aromatic heterocycles. The molecule has 0 atom stereocenters. The number of hydrogen-bond acceptors (Lipinski definition) is 3. The number of unbranched alkanes of at least 4 members (excludes halogenated alkanes) is 5. The minimum absolute atomic E-state index is 0.880. The highest BCUT2D eigenvalue weighted by Gasteiger charge is 2.05. The summed E-state index contributed by atoms with van der Waals surface area (Å²) < 4.78 is 0. The van der Waals surface area contributed by atoms with E-state index < -0.39 is 0 Å². The van der Waals surface area contributed by atoms with Crippen LogP contribution >= 0.6 is 0 Å². The average Bonchev–Trinajstić information content (AvgIpc) is 2.55. The van der Waals surface area contributed by atoms with Crippen LogP contribution in [0.25, 0.3) is 5.57 Å². The van der Waals surface area contributed by atoms with Crippen LogP contribution in [0, 0.1) is 6.92 Å². The summed E-state index contributed by atoms with van der Waals surface area (Å²) >= 11 is 0. The van der Waals surface area contributed by atoms with Crippen molar-refractivity contribution in [2.45, 2.75) is 59.3 Å². The fourth-order valence-corrected chi connectivity index (χ4v) is 2.45. The van der Waals surface area contributed by atoms with Gasteiger partial charge in [0.2, 0.25) is 0 Å². The van der Waals surface area contributed by atoms with Crippen molar-refractivity contribution in [3.63, 3.8) is 0 Å². The lowest BCUT2D eigenvalue weighted by atomic mass is 10.1. The Hall–Kier alpha value is -1.90. The van der Waals surface area contributed by atoms with Crippen LogP contribution < -0.4 is 5.32 Å². The fraction of sp³-hybridized carbons (Fsp3) is 0.500. The molecule has 0 unspecified atom stereocenters. The number of rotatable bonds is 11. The first kappa shape index (κ1) is 19.1. The van der Waals surface area contributed by atoms with E-state index in [9.17, 15) is 0 Å². The molecule has 0 fully saturated rings. The van der Waals surface area contributed by atoms with Gasteiger partial charge in [-0.25, -0.2) is 0 Å². The molecular formula is C20H31N3. The molecular weight excluding hydrogens is 282 g/mol. The summed E-state index contributed by atoms with van der Waals surface area (Å²) in [4.78, 5) is 0. The van der Waals surface area contributed by atoms with Crippen molar-refractivity contribution < 1.29 is 0 Å². The Kier molecular flexibility index (Phi) is 9.69. The maximum Gasteiger partial charge on any atom is 0.151 e. The predicted molar refractivity (Wildman–Crippen MR) is 102 cm³/mol. The van der Waals surface area contributed by atoms with Crippen LogP contribution in [0.3, 0.4) is 0 Å². The summed E-state index contributed by atoms with van der Waals surface area (Å²) in [5, 5.41) is 12.1. The second-order valence-electron chi connectivity index (χ2n) is 5.81. The first-order chi connectivity index (χ1) is 11.2. The van der Waals surface area contributed by atoms with Gasteiger partial charge in [-0.15, -0.1) is 10.2 Å². The molecule has 0 spiro atoms. The monoisotopic (exact) mass is 313 g/mol. The Morgan fingerprint density at radius 2 is 1.91 bits per heavy atom. The minimum atomic E-state index is 0.880. The number of anilines is 1. The second-order valence-corrected chi connectivity index (χ2v) is 5.81. The molecule has 1 heterocycles. The lowest BCUT2D eigenvalue weighted by Crippen LogP contribution is -2.07. The first-order valence-electron chi connectivity index (χ1n) is 8.76. The third kappa shape index (κ3) is 7.27. The SMILES string of the molecule is C=C/C=C(\C=C/C)c1cc(C)c(NCCCCCCCC)nn1. The zero-order valence-electron chi connectivity index (χ0n) is 14.9. The highest BCUT2D eigenvalue weighted by atomic mass is 15.2. The summed E-state index contributed by atoms with van der Waals surface area (Å²) in [6.45, 7) is 11.0. The largest absolute Gasteiger partial charge is 0.368 e. The number of hydrogen-bond donors (Lipinski definition) is 1. The smallest absolute Gasteiger partial charge is 0.151 e. The topological polar surface area (TPSA) is 37.8 Å². The van der Waals surface area contributed by atoms with E-state index in [-0.39, 0.29) is 0 Å². The summed E-state index contributed by atoms with van der Waals surface area (Å²) in [6.07, 6.45) is 15.6. The third-order valence-electron chi connectivity index (χ3n) is 3.75. The standard InChI is InChI=1S/C20H31N3/c1-5-8-9-10-11-12-15-21-20-17(4)16-19(22-23-20)18(13-6-2)14-7-3/h6-7,13-14,16H,2,5,8-12,15H2,1,3-4H3,(H,21,23)/b14-7-,18-13+. The maximum atomic E-state index is 4.34. The number of nitrogens with one attached hydrogen (secondary N) is 1. The first-order valence-corrected chi connectivity index (χ1v) is 8.76. The molecule has 0 saturated heterocycles. The van der Waals surface area contributed by atoms with Crippen LogP contribution in [0.15, 0.2) is 36.9 Å². The van der Waals surface area contributed by atoms with Gasteiger partial charge in [-0.3, -0.25) is 0 Å². The molecule has 1 aromatic rings. The van der Waals surface area contributed by atoms with E-state index in [0.29, 0.717) is 0 Å². The maximum absolute atomic E-state index is 4.34. The summed E-state index contributed by atoms with van der Waals surface area (Å²) in [6, 6.07) is 2.08. The van der Waals surface area contributed by atoms with Crippen LogP contribution in [0.5, 0.6) is 0 Å². The molecule has 0 amide bonds. The molecule has 0 aromatic carbocycles. The van der Waals surface area contributed by atoms with Gasteiger partial charge in [-0.2, -0.15) is 0 Å². The highest BCUT2D eigenvalue weighted by molar-refractivity contribution is 5.73. The van der Waals surface area contributed by atoms with Crippen LogP contribution in [0.2, 0.25) is 0 Å². The fourth-order valence-electron chi connectivity index (χ4n) is 2.45. The molecule has 0 saturated carbocycles. The summed E-state index contributed by atoms with van der Waals surface area (Å²) in [5.41, 5.74) is 3.03. The van der Waals surface area contributed by atoms with E-state index >= 15 is 0 Å². The molecule has 0 aliphatic heterocycles. The molecule has 1 N–H and O–H groups in total. The van der Waals surface area contributed by atoms with Crippen LogP contribution in [0.1, 0.15) is 63.6 Å². The molecule has 0 radical (unpaired) electrons. The van der Waals surface area contributed by atoms with Crippen molar-refractivity contribution in [1.29, 1.82) is 0 Å².